The van der Waals surface area contributed by atoms with E-state index < -0.39 is 5.91 Å². The number of likely N-dealkylation sites (N-methyl/N-ethyl adjacent to an activating group) is 1. The molecule has 0 saturated carbocycles. The zero-order chi connectivity index (χ0) is 14.7. The van der Waals surface area contributed by atoms with Crippen molar-refractivity contribution in [3.63, 3.8) is 0 Å². The predicted molar refractivity (Wildman–Crippen MR) is 71.7 cm³/mol. The molecular formula is C13H15N3O4. The van der Waals surface area contributed by atoms with Gasteiger partial charge in [-0.2, -0.15) is 0 Å². The van der Waals surface area contributed by atoms with Crippen LogP contribution in [0.5, 0.6) is 11.5 Å². The lowest BCUT2D eigenvalue weighted by atomic mass is 10.1. The quantitative estimate of drug-likeness (QED) is 0.406. The molecule has 0 saturated heterocycles. The Labute approximate surface area is 114 Å². The van der Waals surface area contributed by atoms with Crippen molar-refractivity contribution in [1.82, 2.24) is 10.6 Å². The van der Waals surface area contributed by atoms with Gasteiger partial charge in [-0.25, -0.2) is 0 Å². The zero-order valence-corrected chi connectivity index (χ0v) is 10.9. The molecule has 0 aliphatic carbocycles. The van der Waals surface area contributed by atoms with Gasteiger partial charge in [0.25, 0.3) is 5.91 Å². The van der Waals surface area contributed by atoms with E-state index in [1.165, 1.54) is 18.2 Å². The molecule has 0 fully saturated rings. The lowest BCUT2D eigenvalue weighted by Crippen LogP contribution is -2.33. The molecule has 0 atom stereocenters. The van der Waals surface area contributed by atoms with E-state index in [9.17, 15) is 15.0 Å². The zero-order valence-electron chi connectivity index (χ0n) is 10.9. The number of carbonyl (C=O) groups is 1. The SMILES string of the molecule is CNCCNC(=O)c1cc2cc(O)c(O)cc2oc1=N. The van der Waals surface area contributed by atoms with Gasteiger partial charge in [-0.1, -0.05) is 0 Å². The Morgan fingerprint density at radius 1 is 1.25 bits per heavy atom. The molecule has 0 aliphatic rings. The Morgan fingerprint density at radius 3 is 2.65 bits per heavy atom. The highest BCUT2D eigenvalue weighted by Crippen LogP contribution is 2.29. The second kappa shape index (κ2) is 5.62. The molecule has 1 aromatic heterocycles. The highest BCUT2D eigenvalue weighted by molar-refractivity contribution is 5.96. The number of benzene rings is 1. The first-order valence-electron chi connectivity index (χ1n) is 6.00. The van der Waals surface area contributed by atoms with E-state index in [1.54, 1.807) is 7.05 Å². The average molecular weight is 277 g/mol. The van der Waals surface area contributed by atoms with Gasteiger partial charge in [0.2, 0.25) is 5.55 Å². The van der Waals surface area contributed by atoms with Gasteiger partial charge >= 0.3 is 0 Å². The Kier molecular flexibility index (Phi) is 3.90. The number of hydrogen-bond donors (Lipinski definition) is 5. The molecule has 0 spiro atoms. The Balaban J connectivity index is 2.39. The summed E-state index contributed by atoms with van der Waals surface area (Å²) in [6, 6.07) is 3.92. The van der Waals surface area contributed by atoms with Crippen LogP contribution in [-0.2, 0) is 0 Å². The van der Waals surface area contributed by atoms with Crippen LogP contribution >= 0.6 is 0 Å². The van der Waals surface area contributed by atoms with E-state index >= 15 is 0 Å². The number of phenolic OH excluding ortho intramolecular Hbond substituents is 2. The van der Waals surface area contributed by atoms with E-state index in [0.29, 0.717) is 18.5 Å². The predicted octanol–water partition coefficient (Wildman–Crippen LogP) is 0.273. The molecule has 5 N–H and O–H groups in total. The van der Waals surface area contributed by atoms with Gasteiger partial charge in [-0.3, -0.25) is 10.2 Å². The van der Waals surface area contributed by atoms with Crippen molar-refractivity contribution in [1.29, 1.82) is 5.41 Å². The van der Waals surface area contributed by atoms with E-state index in [1.807, 2.05) is 0 Å². The second-order valence-electron chi connectivity index (χ2n) is 4.23. The summed E-state index contributed by atoms with van der Waals surface area (Å²) in [5.74, 6) is -1.08. The summed E-state index contributed by atoms with van der Waals surface area (Å²) in [7, 11) is 1.77. The van der Waals surface area contributed by atoms with Gasteiger partial charge in [-0.15, -0.1) is 0 Å². The molecule has 0 radical (unpaired) electrons. The van der Waals surface area contributed by atoms with Crippen molar-refractivity contribution in [2.75, 3.05) is 20.1 Å². The maximum atomic E-state index is 11.9. The topological polar surface area (TPSA) is 119 Å². The Morgan fingerprint density at radius 2 is 1.95 bits per heavy atom. The summed E-state index contributed by atoms with van der Waals surface area (Å²) in [5.41, 5.74) is -0.0136. The Hall–Kier alpha value is -2.54. The minimum Gasteiger partial charge on any atom is -0.504 e. The molecule has 0 unspecified atom stereocenters. The number of aromatic hydroxyl groups is 2. The van der Waals surface area contributed by atoms with Crippen molar-refractivity contribution in [3.05, 3.63) is 29.3 Å². The number of nitrogens with one attached hydrogen (secondary N) is 3. The van der Waals surface area contributed by atoms with Crippen LogP contribution in [0.2, 0.25) is 0 Å². The summed E-state index contributed by atoms with van der Waals surface area (Å²) in [6.45, 7) is 1.03. The summed E-state index contributed by atoms with van der Waals surface area (Å²) in [5, 5.41) is 32.5. The Bertz CT molecular complexity index is 709. The molecule has 0 aliphatic heterocycles. The maximum absolute atomic E-state index is 11.9. The molecule has 7 nitrogen and oxygen atoms in total. The number of amides is 1. The van der Waals surface area contributed by atoms with Crippen LogP contribution in [-0.4, -0.2) is 36.3 Å². The molecule has 7 heteroatoms. The number of fused-ring (bicyclic) bond motifs is 1. The molecule has 1 amide bonds. The third-order valence-electron chi connectivity index (χ3n) is 2.77. The highest BCUT2D eigenvalue weighted by atomic mass is 16.3. The van der Waals surface area contributed by atoms with Crippen LogP contribution in [0.15, 0.2) is 22.6 Å². The minimum absolute atomic E-state index is 0.0682. The monoisotopic (exact) mass is 277 g/mol. The fourth-order valence-electron chi connectivity index (χ4n) is 1.73. The van der Waals surface area contributed by atoms with Gasteiger partial charge in [0.1, 0.15) is 11.1 Å². The van der Waals surface area contributed by atoms with Crippen molar-refractivity contribution < 1.29 is 19.4 Å². The van der Waals surface area contributed by atoms with Crippen molar-refractivity contribution in [2.24, 2.45) is 0 Å². The van der Waals surface area contributed by atoms with Gasteiger partial charge in [0.15, 0.2) is 11.5 Å². The molecular weight excluding hydrogens is 262 g/mol. The van der Waals surface area contributed by atoms with Gasteiger partial charge in [0, 0.05) is 24.5 Å². The third kappa shape index (κ3) is 2.72. The first-order valence-corrected chi connectivity index (χ1v) is 6.00. The standard InChI is InChI=1S/C13H15N3O4/c1-15-2-3-16-13(19)8-4-7-5-9(17)10(18)6-11(7)20-12(8)14/h4-6,14-15,17-18H,2-3H2,1H3,(H,16,19). The van der Waals surface area contributed by atoms with E-state index in [2.05, 4.69) is 10.6 Å². The second-order valence-corrected chi connectivity index (χ2v) is 4.23. The van der Waals surface area contributed by atoms with Crippen LogP contribution in [0, 0.1) is 5.41 Å². The lowest BCUT2D eigenvalue weighted by Gasteiger charge is -2.06. The molecule has 1 heterocycles. The van der Waals surface area contributed by atoms with Gasteiger partial charge in [-0.05, 0) is 19.2 Å². The lowest BCUT2D eigenvalue weighted by molar-refractivity contribution is 0.0950. The molecule has 1 aromatic carbocycles. The van der Waals surface area contributed by atoms with Crippen molar-refractivity contribution in [2.45, 2.75) is 0 Å². The fourth-order valence-corrected chi connectivity index (χ4v) is 1.73. The van der Waals surface area contributed by atoms with Gasteiger partial charge < -0.3 is 25.3 Å². The first-order chi connectivity index (χ1) is 9.52. The van der Waals surface area contributed by atoms with Crippen molar-refractivity contribution in [3.8, 4) is 11.5 Å². The maximum Gasteiger partial charge on any atom is 0.256 e. The van der Waals surface area contributed by atoms with E-state index in [-0.39, 0.29) is 28.2 Å². The molecule has 0 bridgehead atoms. The van der Waals surface area contributed by atoms with E-state index in [0.717, 1.165) is 0 Å². The summed E-state index contributed by atoms with van der Waals surface area (Å²) >= 11 is 0. The van der Waals surface area contributed by atoms with Crippen LogP contribution < -0.4 is 16.2 Å². The number of carbonyl (C=O) groups excluding carboxylic acids is 1. The largest absolute Gasteiger partial charge is 0.504 e. The molecule has 20 heavy (non-hydrogen) atoms. The van der Waals surface area contributed by atoms with Crippen molar-refractivity contribution >= 4 is 16.9 Å². The van der Waals surface area contributed by atoms with Crippen LogP contribution in [0.4, 0.5) is 0 Å². The van der Waals surface area contributed by atoms with Crippen LogP contribution in [0.3, 0.4) is 0 Å². The average Bonchev–Trinajstić information content (AvgIpc) is 2.40. The van der Waals surface area contributed by atoms with Crippen LogP contribution in [0.25, 0.3) is 11.0 Å². The number of phenols is 2. The molecule has 106 valence electrons. The summed E-state index contributed by atoms with van der Waals surface area (Å²) < 4.78 is 5.18. The third-order valence-corrected chi connectivity index (χ3v) is 2.77. The minimum atomic E-state index is -0.427. The summed E-state index contributed by atoms with van der Waals surface area (Å²) in [4.78, 5) is 11.9. The van der Waals surface area contributed by atoms with Crippen LogP contribution in [0.1, 0.15) is 10.4 Å². The number of rotatable bonds is 4. The first kappa shape index (κ1) is 13.9. The summed E-state index contributed by atoms with van der Waals surface area (Å²) in [6.07, 6.45) is 0. The normalized spacial score (nSPS) is 10.7. The number of hydrogen-bond acceptors (Lipinski definition) is 6. The fraction of sp³-hybridized carbons (Fsp3) is 0.231. The smallest absolute Gasteiger partial charge is 0.256 e. The molecule has 2 rings (SSSR count). The highest BCUT2D eigenvalue weighted by Gasteiger charge is 2.12. The van der Waals surface area contributed by atoms with E-state index in [4.69, 9.17) is 9.83 Å². The van der Waals surface area contributed by atoms with Gasteiger partial charge in [0.05, 0.1) is 0 Å². The molecule has 2 aromatic rings.